The number of aromatic nitrogens is 1. The Labute approximate surface area is 142 Å². The van der Waals surface area contributed by atoms with Gasteiger partial charge >= 0.3 is 0 Å². The van der Waals surface area contributed by atoms with Crippen molar-refractivity contribution in [2.45, 2.75) is 12.5 Å². The molecule has 1 fully saturated rings. The fraction of sp³-hybridized carbons (Fsp3) is 0.333. The zero-order valence-corrected chi connectivity index (χ0v) is 14.5. The molecule has 5 nitrogen and oxygen atoms in total. The molecule has 1 aromatic carbocycles. The second-order valence-corrected chi connectivity index (χ2v) is 6.13. The zero-order chi connectivity index (χ0) is 15.0. The van der Waals surface area contributed by atoms with Crippen LogP contribution in [0.3, 0.4) is 0 Å². The smallest absolute Gasteiger partial charge is 0.254 e. The molecular formula is C15H17BrClN3O2. The maximum atomic E-state index is 12.7. The number of nitrogens with zero attached hydrogens (tertiary/aromatic N) is 1. The highest BCUT2D eigenvalue weighted by atomic mass is 79.9. The highest BCUT2D eigenvalue weighted by Gasteiger charge is 2.25. The van der Waals surface area contributed by atoms with E-state index in [4.69, 9.17) is 0 Å². The molecule has 0 radical (unpaired) electrons. The largest absolute Gasteiger partial charge is 0.337 e. The van der Waals surface area contributed by atoms with Crippen LogP contribution in [0.5, 0.6) is 0 Å². The van der Waals surface area contributed by atoms with Crippen LogP contribution in [0.2, 0.25) is 0 Å². The van der Waals surface area contributed by atoms with Crippen molar-refractivity contribution >= 4 is 45.1 Å². The standard InChI is InChI=1S/C15H16BrN3O2.ClH/c1-19(9-5-6-17-8-9)15(21)11-7-13(20)18-14-10(11)3-2-4-12(14)16;/h2-4,7,9,17H,5-6,8H2,1H3,(H,18,20);1H. The van der Waals surface area contributed by atoms with Crippen molar-refractivity contribution in [3.63, 3.8) is 0 Å². The Kier molecular flexibility index (Phi) is 5.26. The predicted octanol–water partition coefficient (Wildman–Crippen LogP) is 2.15. The molecule has 3 rings (SSSR count). The molecule has 0 bridgehead atoms. The minimum absolute atomic E-state index is 0. The van der Waals surface area contributed by atoms with Gasteiger partial charge in [-0.05, 0) is 35.0 Å². The van der Waals surface area contributed by atoms with Gasteiger partial charge in [0.2, 0.25) is 5.56 Å². The number of H-pyrrole nitrogens is 1. The molecule has 7 heteroatoms. The van der Waals surface area contributed by atoms with Gasteiger partial charge in [0.25, 0.3) is 5.91 Å². The van der Waals surface area contributed by atoms with Crippen LogP contribution < -0.4 is 10.9 Å². The molecule has 1 saturated heterocycles. The molecule has 1 atom stereocenters. The normalized spacial score (nSPS) is 17.3. The van der Waals surface area contributed by atoms with E-state index in [2.05, 4.69) is 26.2 Å². The SMILES string of the molecule is CN(C(=O)c1cc(=O)[nH]c2c(Br)cccc12)C1CCNC1.Cl. The minimum Gasteiger partial charge on any atom is -0.337 e. The number of carbonyl (C=O) groups is 1. The van der Waals surface area contributed by atoms with Gasteiger partial charge in [-0.2, -0.15) is 0 Å². The van der Waals surface area contributed by atoms with E-state index < -0.39 is 0 Å². The number of rotatable bonds is 2. The minimum atomic E-state index is -0.268. The number of amides is 1. The van der Waals surface area contributed by atoms with E-state index in [1.54, 1.807) is 11.9 Å². The van der Waals surface area contributed by atoms with Gasteiger partial charge < -0.3 is 15.2 Å². The number of pyridine rings is 1. The Morgan fingerprint density at radius 3 is 2.86 bits per heavy atom. The lowest BCUT2D eigenvalue weighted by Crippen LogP contribution is -2.38. The van der Waals surface area contributed by atoms with Gasteiger partial charge in [-0.3, -0.25) is 9.59 Å². The molecule has 118 valence electrons. The van der Waals surface area contributed by atoms with Crippen molar-refractivity contribution < 1.29 is 4.79 Å². The number of benzene rings is 1. The highest BCUT2D eigenvalue weighted by Crippen LogP contribution is 2.24. The van der Waals surface area contributed by atoms with Crippen LogP contribution >= 0.6 is 28.3 Å². The maximum Gasteiger partial charge on any atom is 0.254 e. The Morgan fingerprint density at radius 2 is 2.18 bits per heavy atom. The van der Waals surface area contributed by atoms with E-state index >= 15 is 0 Å². The first-order valence-corrected chi connectivity index (χ1v) is 7.66. The number of hydrogen-bond acceptors (Lipinski definition) is 3. The highest BCUT2D eigenvalue weighted by molar-refractivity contribution is 9.10. The molecular weight excluding hydrogens is 370 g/mol. The summed E-state index contributed by atoms with van der Waals surface area (Å²) in [7, 11) is 1.80. The van der Waals surface area contributed by atoms with Crippen LogP contribution in [0.1, 0.15) is 16.8 Å². The Bertz CT molecular complexity index is 756. The number of fused-ring (bicyclic) bond motifs is 1. The van der Waals surface area contributed by atoms with Crippen molar-refractivity contribution in [3.8, 4) is 0 Å². The van der Waals surface area contributed by atoms with Crippen LogP contribution in [0.4, 0.5) is 0 Å². The van der Waals surface area contributed by atoms with E-state index in [1.807, 2.05) is 18.2 Å². The average molecular weight is 387 g/mol. The van der Waals surface area contributed by atoms with Gasteiger partial charge in [-0.25, -0.2) is 0 Å². The summed E-state index contributed by atoms with van der Waals surface area (Å²) in [6.45, 7) is 1.72. The monoisotopic (exact) mass is 385 g/mol. The van der Waals surface area contributed by atoms with E-state index in [0.717, 1.165) is 29.4 Å². The van der Waals surface area contributed by atoms with Crippen LogP contribution in [-0.4, -0.2) is 42.0 Å². The molecule has 1 unspecified atom stereocenters. The van der Waals surface area contributed by atoms with Gasteiger partial charge in [0.1, 0.15) is 0 Å². The van der Waals surface area contributed by atoms with Crippen molar-refractivity contribution in [2.75, 3.05) is 20.1 Å². The maximum absolute atomic E-state index is 12.7. The van der Waals surface area contributed by atoms with Gasteiger partial charge in [-0.15, -0.1) is 12.4 Å². The number of aromatic amines is 1. The molecule has 2 heterocycles. The van der Waals surface area contributed by atoms with Crippen molar-refractivity contribution in [1.82, 2.24) is 15.2 Å². The lowest BCUT2D eigenvalue weighted by molar-refractivity contribution is 0.0745. The van der Waals surface area contributed by atoms with Crippen LogP contribution in [-0.2, 0) is 0 Å². The molecule has 0 spiro atoms. The lowest BCUT2D eigenvalue weighted by atomic mass is 10.1. The summed E-state index contributed by atoms with van der Waals surface area (Å²) >= 11 is 3.41. The molecule has 1 aliphatic heterocycles. The van der Waals surface area contributed by atoms with E-state index in [9.17, 15) is 9.59 Å². The van der Waals surface area contributed by atoms with Crippen molar-refractivity contribution in [3.05, 3.63) is 44.7 Å². The topological polar surface area (TPSA) is 65.2 Å². The second kappa shape index (κ2) is 6.81. The Morgan fingerprint density at radius 1 is 1.41 bits per heavy atom. The Hall–Kier alpha value is -1.37. The number of hydrogen-bond donors (Lipinski definition) is 2. The number of halogens is 2. The molecule has 2 aromatic rings. The summed E-state index contributed by atoms with van der Waals surface area (Å²) in [5.41, 5.74) is 0.839. The second-order valence-electron chi connectivity index (χ2n) is 5.27. The van der Waals surface area contributed by atoms with E-state index in [1.165, 1.54) is 6.07 Å². The molecule has 22 heavy (non-hydrogen) atoms. The van der Waals surface area contributed by atoms with Crippen LogP contribution in [0, 0.1) is 0 Å². The van der Waals surface area contributed by atoms with Gasteiger partial charge in [0.05, 0.1) is 11.1 Å². The molecule has 1 aliphatic rings. The summed E-state index contributed by atoms with van der Waals surface area (Å²) in [5, 5.41) is 4.00. The third kappa shape index (κ3) is 3.04. The molecule has 2 N–H and O–H groups in total. The van der Waals surface area contributed by atoms with Crippen LogP contribution in [0.15, 0.2) is 33.5 Å². The van der Waals surface area contributed by atoms with Crippen molar-refractivity contribution in [2.24, 2.45) is 0 Å². The first-order chi connectivity index (χ1) is 10.1. The first-order valence-electron chi connectivity index (χ1n) is 6.87. The molecule has 0 saturated carbocycles. The summed E-state index contributed by atoms with van der Waals surface area (Å²) in [6, 6.07) is 7.12. The predicted molar refractivity (Wildman–Crippen MR) is 92.9 cm³/mol. The number of nitrogens with one attached hydrogen (secondary N) is 2. The summed E-state index contributed by atoms with van der Waals surface area (Å²) in [6.07, 6.45) is 0.938. The van der Waals surface area contributed by atoms with E-state index in [-0.39, 0.29) is 29.9 Å². The van der Waals surface area contributed by atoms with Crippen LogP contribution in [0.25, 0.3) is 10.9 Å². The molecule has 1 amide bonds. The fourth-order valence-electron chi connectivity index (χ4n) is 2.75. The zero-order valence-electron chi connectivity index (χ0n) is 12.1. The third-order valence-electron chi connectivity index (χ3n) is 3.96. The van der Waals surface area contributed by atoms with Gasteiger partial charge in [-0.1, -0.05) is 12.1 Å². The third-order valence-corrected chi connectivity index (χ3v) is 4.62. The van der Waals surface area contributed by atoms with Gasteiger partial charge in [0, 0.05) is 35.6 Å². The van der Waals surface area contributed by atoms with Gasteiger partial charge in [0.15, 0.2) is 0 Å². The number of carbonyl (C=O) groups excluding carboxylic acids is 1. The lowest BCUT2D eigenvalue weighted by Gasteiger charge is -2.24. The fourth-order valence-corrected chi connectivity index (χ4v) is 3.21. The summed E-state index contributed by atoms with van der Waals surface area (Å²) in [4.78, 5) is 29.1. The molecule has 0 aliphatic carbocycles. The quantitative estimate of drug-likeness (QED) is 0.831. The number of para-hydroxylation sites is 1. The summed E-state index contributed by atoms with van der Waals surface area (Å²) < 4.78 is 0.775. The van der Waals surface area contributed by atoms with Crippen molar-refractivity contribution in [1.29, 1.82) is 0 Å². The summed E-state index contributed by atoms with van der Waals surface area (Å²) in [5.74, 6) is -0.113. The Balaban J connectivity index is 0.00000176. The molecule has 1 aromatic heterocycles. The number of likely N-dealkylation sites (N-methyl/N-ethyl adjacent to an activating group) is 1. The van der Waals surface area contributed by atoms with E-state index in [0.29, 0.717) is 11.1 Å². The average Bonchev–Trinajstić information content (AvgIpc) is 3.00. The first kappa shape index (κ1) is 17.0.